The molecule has 0 bridgehead atoms. The van der Waals surface area contributed by atoms with Gasteiger partial charge < -0.3 is 10.6 Å². The fourth-order valence-electron chi connectivity index (χ4n) is 2.35. The van der Waals surface area contributed by atoms with Gasteiger partial charge in [0, 0.05) is 19.6 Å². The summed E-state index contributed by atoms with van der Waals surface area (Å²) in [6.45, 7) is 4.64. The number of benzene rings is 1. The number of nitrogens with zero attached hydrogens (tertiary/aromatic N) is 1. The van der Waals surface area contributed by atoms with Crippen LogP contribution >= 0.6 is 0 Å². The van der Waals surface area contributed by atoms with E-state index in [1.165, 1.54) is 12.5 Å². The van der Waals surface area contributed by atoms with Crippen LogP contribution in [-0.2, 0) is 13.1 Å². The van der Waals surface area contributed by atoms with Gasteiger partial charge in [-0.15, -0.1) is 0 Å². The van der Waals surface area contributed by atoms with E-state index >= 15 is 0 Å². The molecule has 0 aromatic heterocycles. The Morgan fingerprint density at radius 3 is 2.71 bits per heavy atom. The molecule has 3 heteroatoms. The summed E-state index contributed by atoms with van der Waals surface area (Å²) < 4.78 is 13.2. The molecule has 0 aliphatic heterocycles. The lowest BCUT2D eigenvalue weighted by molar-refractivity contribution is 0.306. The van der Waals surface area contributed by atoms with Crippen molar-refractivity contribution in [3.63, 3.8) is 0 Å². The molecular formula is C14H21FN2. The van der Waals surface area contributed by atoms with E-state index in [1.807, 2.05) is 0 Å². The Morgan fingerprint density at radius 2 is 2.12 bits per heavy atom. The van der Waals surface area contributed by atoms with Crippen molar-refractivity contribution in [1.82, 2.24) is 4.90 Å². The highest BCUT2D eigenvalue weighted by atomic mass is 19.1. The molecule has 1 aromatic rings. The van der Waals surface area contributed by atoms with Gasteiger partial charge in [-0.1, -0.05) is 13.0 Å². The first-order valence-corrected chi connectivity index (χ1v) is 6.26. The standard InChI is InChI=1S/C14H21FN2/c1-10-5-12(10)8-17(2)9-13-6-14(15)4-3-11(13)7-16/h3-4,6,10,12H,5,7-9,16H2,1-2H3. The van der Waals surface area contributed by atoms with Gasteiger partial charge in [-0.05, 0) is 48.6 Å². The van der Waals surface area contributed by atoms with Crippen molar-refractivity contribution in [3.05, 3.63) is 35.1 Å². The van der Waals surface area contributed by atoms with Crippen LogP contribution in [0.4, 0.5) is 4.39 Å². The SMILES string of the molecule is CC1CC1CN(C)Cc1cc(F)ccc1CN. The maximum atomic E-state index is 13.2. The number of halogens is 1. The molecule has 1 aromatic carbocycles. The molecule has 1 aliphatic carbocycles. The van der Waals surface area contributed by atoms with Gasteiger partial charge in [0.25, 0.3) is 0 Å². The second-order valence-corrected chi connectivity index (χ2v) is 5.29. The van der Waals surface area contributed by atoms with Crippen LogP contribution in [0, 0.1) is 17.7 Å². The summed E-state index contributed by atoms with van der Waals surface area (Å²) in [7, 11) is 2.09. The summed E-state index contributed by atoms with van der Waals surface area (Å²) in [5, 5.41) is 0. The number of nitrogens with two attached hydrogens (primary N) is 1. The first-order chi connectivity index (χ1) is 8.10. The Bertz CT molecular complexity index is 392. The van der Waals surface area contributed by atoms with E-state index in [1.54, 1.807) is 12.1 Å². The van der Waals surface area contributed by atoms with Gasteiger partial charge in [-0.2, -0.15) is 0 Å². The Morgan fingerprint density at radius 1 is 1.41 bits per heavy atom. The number of hydrogen-bond donors (Lipinski definition) is 1. The largest absolute Gasteiger partial charge is 0.326 e. The predicted molar refractivity (Wildman–Crippen MR) is 67.9 cm³/mol. The summed E-state index contributed by atoms with van der Waals surface area (Å²) in [5.41, 5.74) is 7.73. The van der Waals surface area contributed by atoms with Crippen LogP contribution in [0.15, 0.2) is 18.2 Å². The molecule has 0 heterocycles. The van der Waals surface area contributed by atoms with Crippen LogP contribution in [0.2, 0.25) is 0 Å². The molecule has 0 spiro atoms. The van der Waals surface area contributed by atoms with Gasteiger partial charge >= 0.3 is 0 Å². The summed E-state index contributed by atoms with van der Waals surface area (Å²) in [6.07, 6.45) is 1.33. The van der Waals surface area contributed by atoms with E-state index in [4.69, 9.17) is 5.73 Å². The van der Waals surface area contributed by atoms with E-state index in [-0.39, 0.29) is 5.82 Å². The van der Waals surface area contributed by atoms with Crippen LogP contribution in [0.1, 0.15) is 24.5 Å². The average molecular weight is 236 g/mol. The van der Waals surface area contributed by atoms with Crippen molar-refractivity contribution >= 4 is 0 Å². The Hall–Kier alpha value is -0.930. The summed E-state index contributed by atoms with van der Waals surface area (Å²) in [4.78, 5) is 2.27. The molecule has 2 N–H and O–H groups in total. The van der Waals surface area contributed by atoms with E-state index in [0.29, 0.717) is 6.54 Å². The number of hydrogen-bond acceptors (Lipinski definition) is 2. The van der Waals surface area contributed by atoms with Crippen LogP contribution < -0.4 is 5.73 Å². The normalized spacial score (nSPS) is 23.1. The second-order valence-electron chi connectivity index (χ2n) is 5.29. The highest BCUT2D eigenvalue weighted by Crippen LogP contribution is 2.38. The van der Waals surface area contributed by atoms with Gasteiger partial charge in [-0.3, -0.25) is 0 Å². The van der Waals surface area contributed by atoms with Gasteiger partial charge in [-0.25, -0.2) is 4.39 Å². The maximum Gasteiger partial charge on any atom is 0.123 e. The van der Waals surface area contributed by atoms with Gasteiger partial charge in [0.05, 0.1) is 0 Å². The molecule has 2 nitrogen and oxygen atoms in total. The molecule has 0 saturated heterocycles. The van der Waals surface area contributed by atoms with Gasteiger partial charge in [0.2, 0.25) is 0 Å². The third-order valence-corrected chi connectivity index (χ3v) is 3.65. The van der Waals surface area contributed by atoms with Crippen molar-refractivity contribution in [2.24, 2.45) is 17.6 Å². The molecule has 1 fully saturated rings. The predicted octanol–water partition coefficient (Wildman–Crippen LogP) is 2.37. The fourth-order valence-corrected chi connectivity index (χ4v) is 2.35. The molecular weight excluding hydrogens is 215 g/mol. The van der Waals surface area contributed by atoms with Crippen molar-refractivity contribution in [3.8, 4) is 0 Å². The highest BCUT2D eigenvalue weighted by molar-refractivity contribution is 5.27. The molecule has 1 saturated carbocycles. The van der Waals surface area contributed by atoms with Crippen molar-refractivity contribution in [1.29, 1.82) is 0 Å². The Balaban J connectivity index is 1.98. The Labute approximate surface area is 103 Å². The lowest BCUT2D eigenvalue weighted by Crippen LogP contribution is -2.22. The van der Waals surface area contributed by atoms with Gasteiger partial charge in [0.15, 0.2) is 0 Å². The molecule has 17 heavy (non-hydrogen) atoms. The quantitative estimate of drug-likeness (QED) is 0.850. The lowest BCUT2D eigenvalue weighted by atomic mass is 10.1. The van der Waals surface area contributed by atoms with E-state index in [0.717, 1.165) is 36.1 Å². The van der Waals surface area contributed by atoms with Crippen LogP contribution in [0.5, 0.6) is 0 Å². The minimum Gasteiger partial charge on any atom is -0.326 e. The third-order valence-electron chi connectivity index (χ3n) is 3.65. The molecule has 0 radical (unpaired) electrons. The first kappa shape index (κ1) is 12.5. The molecule has 94 valence electrons. The first-order valence-electron chi connectivity index (χ1n) is 6.26. The van der Waals surface area contributed by atoms with E-state index < -0.39 is 0 Å². The van der Waals surface area contributed by atoms with Gasteiger partial charge in [0.1, 0.15) is 5.82 Å². The number of rotatable bonds is 5. The zero-order valence-corrected chi connectivity index (χ0v) is 10.6. The van der Waals surface area contributed by atoms with E-state index in [2.05, 4.69) is 18.9 Å². The monoisotopic (exact) mass is 236 g/mol. The lowest BCUT2D eigenvalue weighted by Gasteiger charge is -2.18. The molecule has 2 rings (SSSR count). The smallest absolute Gasteiger partial charge is 0.123 e. The minimum atomic E-state index is -0.176. The maximum absolute atomic E-state index is 13.2. The zero-order valence-electron chi connectivity index (χ0n) is 10.6. The van der Waals surface area contributed by atoms with Crippen LogP contribution in [-0.4, -0.2) is 18.5 Å². The minimum absolute atomic E-state index is 0.176. The highest BCUT2D eigenvalue weighted by Gasteiger charge is 2.33. The topological polar surface area (TPSA) is 29.3 Å². The van der Waals surface area contributed by atoms with Crippen LogP contribution in [0.3, 0.4) is 0 Å². The van der Waals surface area contributed by atoms with E-state index in [9.17, 15) is 4.39 Å². The van der Waals surface area contributed by atoms with Crippen molar-refractivity contribution in [2.45, 2.75) is 26.4 Å². The Kier molecular flexibility index (Phi) is 3.79. The molecule has 2 unspecified atom stereocenters. The average Bonchev–Trinajstić information content (AvgIpc) is 2.94. The van der Waals surface area contributed by atoms with Crippen LogP contribution in [0.25, 0.3) is 0 Å². The fraction of sp³-hybridized carbons (Fsp3) is 0.571. The molecule has 2 atom stereocenters. The van der Waals surface area contributed by atoms with Crippen molar-refractivity contribution < 1.29 is 4.39 Å². The van der Waals surface area contributed by atoms with Crippen molar-refractivity contribution in [2.75, 3.05) is 13.6 Å². The molecule has 1 aliphatic rings. The third kappa shape index (κ3) is 3.27. The summed E-state index contributed by atoms with van der Waals surface area (Å²) in [6, 6.07) is 4.88. The zero-order chi connectivity index (χ0) is 12.4. The second kappa shape index (κ2) is 5.15. The summed E-state index contributed by atoms with van der Waals surface area (Å²) in [5.74, 6) is 1.51. The molecule has 0 amide bonds. The summed E-state index contributed by atoms with van der Waals surface area (Å²) >= 11 is 0.